The van der Waals surface area contributed by atoms with Crippen molar-refractivity contribution in [3.8, 4) is 0 Å². The summed E-state index contributed by atoms with van der Waals surface area (Å²) in [6.07, 6.45) is 4.64. The molecular formula is C19H22N2O5S2. The summed E-state index contributed by atoms with van der Waals surface area (Å²) in [5, 5.41) is 2.89. The van der Waals surface area contributed by atoms with Crippen LogP contribution in [0.15, 0.2) is 29.2 Å². The van der Waals surface area contributed by atoms with E-state index in [0.717, 1.165) is 42.5 Å². The van der Waals surface area contributed by atoms with Gasteiger partial charge < -0.3 is 10.1 Å². The minimum atomic E-state index is -3.89. The number of rotatable bonds is 5. The molecule has 7 nitrogen and oxygen atoms in total. The third kappa shape index (κ3) is 4.36. The number of esters is 1. The van der Waals surface area contributed by atoms with E-state index < -0.39 is 16.0 Å². The summed E-state index contributed by atoms with van der Waals surface area (Å²) in [4.78, 5) is 24.5. The van der Waals surface area contributed by atoms with Crippen LogP contribution in [0.3, 0.4) is 0 Å². The number of carbonyl (C=O) groups excluding carboxylic acids is 2. The van der Waals surface area contributed by atoms with Crippen LogP contribution in [0.2, 0.25) is 0 Å². The molecule has 1 aliphatic carbocycles. The van der Waals surface area contributed by atoms with Gasteiger partial charge in [0.2, 0.25) is 5.91 Å². The third-order valence-electron chi connectivity index (χ3n) is 4.52. The van der Waals surface area contributed by atoms with Crippen molar-refractivity contribution in [3.63, 3.8) is 0 Å². The van der Waals surface area contributed by atoms with Crippen molar-refractivity contribution in [1.29, 1.82) is 0 Å². The van der Waals surface area contributed by atoms with Gasteiger partial charge in [-0.25, -0.2) is 13.2 Å². The maximum absolute atomic E-state index is 12.8. The molecule has 1 aliphatic rings. The average Bonchev–Trinajstić information content (AvgIpc) is 2.81. The molecule has 28 heavy (non-hydrogen) atoms. The Kier molecular flexibility index (Phi) is 6.04. The first kappa shape index (κ1) is 20.3. The summed E-state index contributed by atoms with van der Waals surface area (Å²) in [6, 6.07) is 5.84. The fourth-order valence-electron chi connectivity index (χ4n) is 3.23. The van der Waals surface area contributed by atoms with Crippen molar-refractivity contribution < 1.29 is 22.7 Å². The summed E-state index contributed by atoms with van der Waals surface area (Å²) in [5.74, 6) is -0.769. The van der Waals surface area contributed by atoms with Crippen LogP contribution >= 0.6 is 11.3 Å². The summed E-state index contributed by atoms with van der Waals surface area (Å²) in [5.41, 5.74) is 1.72. The molecule has 0 spiro atoms. The lowest BCUT2D eigenvalue weighted by atomic mass is 10.1. The number of benzene rings is 1. The molecule has 2 aromatic rings. The Morgan fingerprint density at radius 2 is 1.75 bits per heavy atom. The number of anilines is 2. The zero-order chi connectivity index (χ0) is 20.3. The van der Waals surface area contributed by atoms with E-state index in [2.05, 4.69) is 10.0 Å². The minimum absolute atomic E-state index is 0.0426. The van der Waals surface area contributed by atoms with E-state index in [1.54, 1.807) is 0 Å². The van der Waals surface area contributed by atoms with Gasteiger partial charge in [0.15, 0.2) is 0 Å². The normalized spacial score (nSPS) is 13.9. The van der Waals surface area contributed by atoms with Crippen LogP contribution in [-0.2, 0) is 32.4 Å². The number of ether oxygens (including phenoxy) is 1. The number of nitrogens with one attached hydrogen (secondary N) is 2. The van der Waals surface area contributed by atoms with E-state index in [4.69, 9.17) is 4.74 Å². The number of methoxy groups -OCH3 is 1. The molecule has 0 atom stereocenters. The molecule has 1 heterocycles. The zero-order valence-electron chi connectivity index (χ0n) is 15.7. The Morgan fingerprint density at radius 3 is 2.39 bits per heavy atom. The van der Waals surface area contributed by atoms with Gasteiger partial charge in [0.05, 0.1) is 17.6 Å². The molecule has 150 valence electrons. The molecule has 3 rings (SSSR count). The summed E-state index contributed by atoms with van der Waals surface area (Å²) >= 11 is 1.30. The van der Waals surface area contributed by atoms with E-state index >= 15 is 0 Å². The highest BCUT2D eigenvalue weighted by Crippen LogP contribution is 2.39. The lowest BCUT2D eigenvalue weighted by Crippen LogP contribution is -2.15. The van der Waals surface area contributed by atoms with Gasteiger partial charge in [0.25, 0.3) is 10.0 Å². The first-order chi connectivity index (χ1) is 13.3. The van der Waals surface area contributed by atoms with Crippen LogP contribution in [-0.4, -0.2) is 27.4 Å². The highest BCUT2D eigenvalue weighted by molar-refractivity contribution is 7.93. The average molecular weight is 423 g/mol. The Bertz CT molecular complexity index is 994. The van der Waals surface area contributed by atoms with Crippen molar-refractivity contribution in [2.75, 3.05) is 17.1 Å². The number of amides is 1. The predicted molar refractivity (Wildman–Crippen MR) is 108 cm³/mol. The molecule has 0 fully saturated rings. The van der Waals surface area contributed by atoms with E-state index in [9.17, 15) is 18.0 Å². The lowest BCUT2D eigenvalue weighted by molar-refractivity contribution is -0.114. The van der Waals surface area contributed by atoms with E-state index in [1.165, 1.54) is 49.6 Å². The van der Waals surface area contributed by atoms with Gasteiger partial charge in [-0.05, 0) is 55.5 Å². The van der Waals surface area contributed by atoms with Gasteiger partial charge in [-0.15, -0.1) is 11.3 Å². The van der Waals surface area contributed by atoms with Crippen molar-refractivity contribution >= 4 is 43.9 Å². The molecule has 1 amide bonds. The van der Waals surface area contributed by atoms with E-state index in [0.29, 0.717) is 16.3 Å². The molecule has 0 saturated heterocycles. The van der Waals surface area contributed by atoms with Crippen molar-refractivity contribution in [1.82, 2.24) is 0 Å². The topological polar surface area (TPSA) is 102 Å². The summed E-state index contributed by atoms with van der Waals surface area (Å²) < 4.78 is 33.1. The molecule has 1 aromatic heterocycles. The second-order valence-electron chi connectivity index (χ2n) is 6.57. The summed E-state index contributed by atoms with van der Waals surface area (Å²) in [7, 11) is -2.60. The van der Waals surface area contributed by atoms with Gasteiger partial charge in [-0.1, -0.05) is 6.42 Å². The molecule has 9 heteroatoms. The number of fused-ring (bicyclic) bond motifs is 1. The molecule has 0 aliphatic heterocycles. The first-order valence-corrected chi connectivity index (χ1v) is 11.2. The Hall–Kier alpha value is -2.39. The zero-order valence-corrected chi connectivity index (χ0v) is 17.3. The Labute approximate surface area is 168 Å². The van der Waals surface area contributed by atoms with Crippen LogP contribution in [0.4, 0.5) is 10.7 Å². The quantitative estimate of drug-likeness (QED) is 0.567. The van der Waals surface area contributed by atoms with E-state index in [1.807, 2.05) is 0 Å². The van der Waals surface area contributed by atoms with Crippen molar-refractivity contribution in [2.24, 2.45) is 0 Å². The Morgan fingerprint density at radius 1 is 1.07 bits per heavy atom. The van der Waals surface area contributed by atoms with Crippen LogP contribution in [0.1, 0.15) is 47.0 Å². The first-order valence-electron chi connectivity index (χ1n) is 8.95. The van der Waals surface area contributed by atoms with Gasteiger partial charge >= 0.3 is 5.97 Å². The number of hydrogen-bond donors (Lipinski definition) is 2. The number of hydrogen-bond acceptors (Lipinski definition) is 6. The van der Waals surface area contributed by atoms with Gasteiger partial charge in [0.1, 0.15) is 5.00 Å². The predicted octanol–water partition coefficient (Wildman–Crippen LogP) is 3.56. The largest absolute Gasteiger partial charge is 0.465 e. The second kappa shape index (κ2) is 8.32. The molecule has 0 radical (unpaired) electrons. The number of carbonyl (C=O) groups is 2. The van der Waals surface area contributed by atoms with Crippen LogP contribution in [0.25, 0.3) is 0 Å². The number of thiophene rings is 1. The van der Waals surface area contributed by atoms with Crippen LogP contribution in [0, 0.1) is 0 Å². The molecule has 0 unspecified atom stereocenters. The second-order valence-corrected chi connectivity index (χ2v) is 9.36. The molecule has 1 aromatic carbocycles. The SMILES string of the molecule is COC(=O)c1c(NS(=O)(=O)c2ccc(NC(C)=O)cc2)sc2c1CCCCC2. The fourth-order valence-corrected chi connectivity index (χ4v) is 5.82. The number of aryl methyl sites for hydroxylation is 1. The maximum Gasteiger partial charge on any atom is 0.341 e. The van der Waals surface area contributed by atoms with Gasteiger partial charge in [0, 0.05) is 17.5 Å². The fraction of sp³-hybridized carbons (Fsp3) is 0.368. The standard InChI is InChI=1S/C19H22N2O5S2/c1-12(22)20-13-8-10-14(11-9-13)28(24,25)21-18-17(19(23)26-2)15-6-4-3-5-7-16(15)27-18/h8-11,21H,3-7H2,1-2H3,(H,20,22). The summed E-state index contributed by atoms with van der Waals surface area (Å²) in [6.45, 7) is 1.38. The van der Waals surface area contributed by atoms with Crippen LogP contribution in [0.5, 0.6) is 0 Å². The molecule has 0 saturated carbocycles. The van der Waals surface area contributed by atoms with Crippen LogP contribution < -0.4 is 10.0 Å². The lowest BCUT2D eigenvalue weighted by Gasteiger charge is -2.10. The highest BCUT2D eigenvalue weighted by atomic mass is 32.2. The van der Waals surface area contributed by atoms with E-state index in [-0.39, 0.29) is 10.8 Å². The smallest absolute Gasteiger partial charge is 0.341 e. The number of sulfonamides is 1. The Balaban J connectivity index is 1.93. The van der Waals surface area contributed by atoms with Crippen molar-refractivity contribution in [3.05, 3.63) is 40.3 Å². The maximum atomic E-state index is 12.8. The molecular weight excluding hydrogens is 400 g/mol. The van der Waals surface area contributed by atoms with Gasteiger partial charge in [-0.3, -0.25) is 9.52 Å². The minimum Gasteiger partial charge on any atom is -0.465 e. The molecule has 2 N–H and O–H groups in total. The highest BCUT2D eigenvalue weighted by Gasteiger charge is 2.28. The third-order valence-corrected chi connectivity index (χ3v) is 7.22. The molecule has 0 bridgehead atoms. The van der Waals surface area contributed by atoms with Gasteiger partial charge in [-0.2, -0.15) is 0 Å². The monoisotopic (exact) mass is 422 g/mol. The van der Waals surface area contributed by atoms with Crippen molar-refractivity contribution in [2.45, 2.75) is 43.9 Å².